The molecule has 1 aromatic carbocycles. The smallest absolute Gasteiger partial charge is 0.275 e. The lowest BCUT2D eigenvalue weighted by Gasteiger charge is -2.09. The van der Waals surface area contributed by atoms with E-state index in [2.05, 4.69) is 21.0 Å². The van der Waals surface area contributed by atoms with Gasteiger partial charge in [-0.2, -0.15) is 5.10 Å². The van der Waals surface area contributed by atoms with E-state index in [1.807, 2.05) is 0 Å². The van der Waals surface area contributed by atoms with Crippen LogP contribution in [0.2, 0.25) is 0 Å². The van der Waals surface area contributed by atoms with Crippen molar-refractivity contribution in [2.24, 2.45) is 0 Å². The molecule has 0 N–H and O–H groups in total. The number of hydrogen-bond acceptors (Lipinski definition) is 4. The molecule has 0 spiro atoms. The molecule has 2 rings (SSSR count). The Morgan fingerprint density at radius 1 is 1.40 bits per heavy atom. The van der Waals surface area contributed by atoms with Crippen LogP contribution in [0.25, 0.3) is 10.8 Å². The van der Waals surface area contributed by atoms with Crippen LogP contribution in [-0.4, -0.2) is 21.8 Å². The first-order chi connectivity index (χ1) is 9.56. The number of carbonyl (C=O) groups is 2. The molecule has 0 aliphatic carbocycles. The Balaban J connectivity index is 2.69. The lowest BCUT2D eigenvalue weighted by atomic mass is 10.1. The van der Waals surface area contributed by atoms with Gasteiger partial charge in [0.1, 0.15) is 12.8 Å². The fourth-order valence-electron chi connectivity index (χ4n) is 1.94. The highest BCUT2D eigenvalue weighted by atomic mass is 79.9. The highest BCUT2D eigenvalue weighted by molar-refractivity contribution is 9.10. The second-order valence-corrected chi connectivity index (χ2v) is 5.28. The number of aldehydes is 1. The predicted octanol–water partition coefficient (Wildman–Crippen LogP) is 1.88. The molecule has 5 nitrogen and oxygen atoms in total. The van der Waals surface area contributed by atoms with Crippen LogP contribution in [0.3, 0.4) is 0 Å². The molecule has 0 aliphatic rings. The molecule has 104 valence electrons. The van der Waals surface area contributed by atoms with Gasteiger partial charge in [-0.05, 0) is 18.2 Å². The monoisotopic (exact) mass is 336 g/mol. The molecule has 1 heterocycles. The summed E-state index contributed by atoms with van der Waals surface area (Å²) < 4.78 is 1.95. The molecule has 2 aromatic rings. The van der Waals surface area contributed by atoms with E-state index in [0.29, 0.717) is 22.9 Å². The molecule has 6 heteroatoms. The van der Waals surface area contributed by atoms with Gasteiger partial charge < -0.3 is 4.79 Å². The van der Waals surface area contributed by atoms with E-state index in [-0.39, 0.29) is 24.3 Å². The number of fused-ring (bicyclic) bond motifs is 1. The third-order valence-corrected chi connectivity index (χ3v) is 3.49. The predicted molar refractivity (Wildman–Crippen MR) is 78.8 cm³/mol. The summed E-state index contributed by atoms with van der Waals surface area (Å²) in [6.07, 6.45) is 1.18. The molecule has 0 radical (unpaired) electrons. The van der Waals surface area contributed by atoms with Crippen molar-refractivity contribution in [2.75, 3.05) is 0 Å². The molecule has 0 bridgehead atoms. The quantitative estimate of drug-likeness (QED) is 0.781. The van der Waals surface area contributed by atoms with Gasteiger partial charge in [0, 0.05) is 22.7 Å². The normalized spacial score (nSPS) is 10.7. The number of nitrogens with zero attached hydrogens (tertiary/aromatic N) is 2. The van der Waals surface area contributed by atoms with Crippen LogP contribution in [0.4, 0.5) is 0 Å². The maximum absolute atomic E-state index is 12.3. The first-order valence-electron chi connectivity index (χ1n) is 6.21. The Morgan fingerprint density at radius 2 is 2.15 bits per heavy atom. The zero-order chi connectivity index (χ0) is 14.7. The van der Waals surface area contributed by atoms with Crippen molar-refractivity contribution in [1.29, 1.82) is 0 Å². The number of hydrogen-bond donors (Lipinski definition) is 0. The molecule has 0 unspecified atom stereocenters. The molecule has 20 heavy (non-hydrogen) atoms. The second-order valence-electron chi connectivity index (χ2n) is 4.36. The van der Waals surface area contributed by atoms with Crippen molar-refractivity contribution in [3.8, 4) is 0 Å². The topological polar surface area (TPSA) is 69.0 Å². The average molecular weight is 337 g/mol. The maximum atomic E-state index is 12.3. The summed E-state index contributed by atoms with van der Waals surface area (Å²) in [6.45, 7) is 1.67. The fourth-order valence-corrected chi connectivity index (χ4v) is 2.30. The van der Waals surface area contributed by atoms with Gasteiger partial charge in [-0.1, -0.05) is 22.9 Å². The Labute approximate surface area is 123 Å². The summed E-state index contributed by atoms with van der Waals surface area (Å²) in [5.41, 5.74) is 0.184. The van der Waals surface area contributed by atoms with Crippen molar-refractivity contribution >= 4 is 38.8 Å². The van der Waals surface area contributed by atoms with Crippen LogP contribution in [0.5, 0.6) is 0 Å². The molecule has 0 aliphatic heterocycles. The van der Waals surface area contributed by atoms with Gasteiger partial charge in [-0.25, -0.2) is 4.68 Å². The number of benzene rings is 1. The largest absolute Gasteiger partial charge is 0.303 e. The van der Waals surface area contributed by atoms with Gasteiger partial charge in [0.25, 0.3) is 5.56 Å². The van der Waals surface area contributed by atoms with Crippen molar-refractivity contribution in [3.63, 3.8) is 0 Å². The van der Waals surface area contributed by atoms with Crippen LogP contribution < -0.4 is 5.56 Å². The Morgan fingerprint density at radius 3 is 2.80 bits per heavy atom. The molecule has 0 saturated carbocycles. The molecule has 0 saturated heterocycles. The standard InChI is InChI=1S/C14H13BrN2O3/c1-2-10(19)8-17-14(20)11-4-3-9(15)7-12(11)13(16-17)5-6-18/h3-4,6-7H,2,5,8H2,1H3. The zero-order valence-corrected chi connectivity index (χ0v) is 12.5. The van der Waals surface area contributed by atoms with Gasteiger partial charge in [-0.3, -0.25) is 9.59 Å². The van der Waals surface area contributed by atoms with E-state index in [4.69, 9.17) is 0 Å². The van der Waals surface area contributed by atoms with Crippen LogP contribution in [-0.2, 0) is 22.6 Å². The molecule has 0 amide bonds. The first-order valence-corrected chi connectivity index (χ1v) is 7.00. The van der Waals surface area contributed by atoms with Crippen molar-refractivity contribution in [3.05, 3.63) is 38.7 Å². The van der Waals surface area contributed by atoms with Gasteiger partial charge in [0.15, 0.2) is 5.78 Å². The minimum atomic E-state index is -0.316. The van der Waals surface area contributed by atoms with Gasteiger partial charge in [-0.15, -0.1) is 0 Å². The van der Waals surface area contributed by atoms with E-state index in [1.54, 1.807) is 25.1 Å². The third-order valence-electron chi connectivity index (χ3n) is 3.00. The summed E-state index contributed by atoms with van der Waals surface area (Å²) in [4.78, 5) is 34.6. The summed E-state index contributed by atoms with van der Waals surface area (Å²) in [5.74, 6) is -0.0758. The number of rotatable bonds is 5. The van der Waals surface area contributed by atoms with Gasteiger partial charge in [0.05, 0.1) is 11.1 Å². The van der Waals surface area contributed by atoms with Crippen LogP contribution in [0.15, 0.2) is 27.5 Å². The number of aromatic nitrogens is 2. The lowest BCUT2D eigenvalue weighted by Crippen LogP contribution is -2.28. The summed E-state index contributed by atoms with van der Waals surface area (Å²) in [7, 11) is 0. The Kier molecular flexibility index (Phi) is 4.44. The van der Waals surface area contributed by atoms with E-state index >= 15 is 0 Å². The van der Waals surface area contributed by atoms with Crippen molar-refractivity contribution in [2.45, 2.75) is 26.3 Å². The van der Waals surface area contributed by atoms with E-state index in [1.165, 1.54) is 0 Å². The van der Waals surface area contributed by atoms with Crippen molar-refractivity contribution in [1.82, 2.24) is 9.78 Å². The molecular weight excluding hydrogens is 324 g/mol. The number of carbonyl (C=O) groups excluding carboxylic acids is 2. The second kappa shape index (κ2) is 6.09. The molecule has 1 aromatic heterocycles. The van der Waals surface area contributed by atoms with E-state index in [0.717, 1.165) is 15.4 Å². The minimum Gasteiger partial charge on any atom is -0.303 e. The van der Waals surface area contributed by atoms with Crippen LogP contribution in [0, 0.1) is 0 Å². The summed E-state index contributed by atoms with van der Waals surface area (Å²) >= 11 is 3.33. The Hall–Kier alpha value is -1.82. The molecule has 0 atom stereocenters. The molecule has 0 fully saturated rings. The average Bonchev–Trinajstić information content (AvgIpc) is 2.43. The van der Waals surface area contributed by atoms with Crippen LogP contribution >= 0.6 is 15.9 Å². The maximum Gasteiger partial charge on any atom is 0.275 e. The number of halogens is 1. The number of ketones is 1. The minimum absolute atomic E-state index is 0.0623. The lowest BCUT2D eigenvalue weighted by molar-refractivity contribution is -0.119. The summed E-state index contributed by atoms with van der Waals surface area (Å²) in [5, 5.41) is 5.25. The van der Waals surface area contributed by atoms with Gasteiger partial charge in [0.2, 0.25) is 0 Å². The Bertz CT molecular complexity index is 737. The number of Topliss-reactive ketones (excluding diaryl/α,β-unsaturated/α-hetero) is 1. The SMILES string of the molecule is CCC(=O)Cn1nc(CC=O)c2cc(Br)ccc2c1=O. The first kappa shape index (κ1) is 14.6. The highest BCUT2D eigenvalue weighted by Crippen LogP contribution is 2.19. The zero-order valence-electron chi connectivity index (χ0n) is 10.9. The van der Waals surface area contributed by atoms with E-state index < -0.39 is 0 Å². The fraction of sp³-hybridized carbons (Fsp3) is 0.286. The third kappa shape index (κ3) is 2.85. The van der Waals surface area contributed by atoms with Crippen molar-refractivity contribution < 1.29 is 9.59 Å². The highest BCUT2D eigenvalue weighted by Gasteiger charge is 2.12. The summed E-state index contributed by atoms with van der Waals surface area (Å²) in [6, 6.07) is 5.18. The van der Waals surface area contributed by atoms with E-state index in [9.17, 15) is 14.4 Å². The van der Waals surface area contributed by atoms with Gasteiger partial charge >= 0.3 is 0 Å². The van der Waals surface area contributed by atoms with Crippen LogP contribution in [0.1, 0.15) is 19.0 Å². The molecular formula is C14H13BrN2O3.